The van der Waals surface area contributed by atoms with Crippen LogP contribution in [0.25, 0.3) is 0 Å². The van der Waals surface area contributed by atoms with Crippen molar-refractivity contribution in [2.24, 2.45) is 0 Å². The Kier molecular flexibility index (Phi) is 4.47. The number of methoxy groups -OCH3 is 1. The lowest BCUT2D eigenvalue weighted by atomic mass is 10.2. The van der Waals surface area contributed by atoms with E-state index in [1.54, 1.807) is 18.2 Å². The summed E-state index contributed by atoms with van der Waals surface area (Å²) in [7, 11) is 1.51. The molecule has 3 nitrogen and oxygen atoms in total. The average Bonchev–Trinajstić information content (AvgIpc) is 2.40. The highest BCUT2D eigenvalue weighted by molar-refractivity contribution is 6.34. The van der Waals surface area contributed by atoms with Gasteiger partial charge in [-0.1, -0.05) is 23.2 Å². The summed E-state index contributed by atoms with van der Waals surface area (Å²) < 4.78 is 18.6. The summed E-state index contributed by atoms with van der Waals surface area (Å²) in [6, 6.07) is 8.59. The van der Waals surface area contributed by atoms with Crippen LogP contribution in [0.15, 0.2) is 36.4 Å². The topological polar surface area (TPSA) is 38.3 Å². The van der Waals surface area contributed by atoms with Crippen LogP contribution in [0, 0.1) is 5.82 Å². The number of benzene rings is 2. The Morgan fingerprint density at radius 2 is 1.95 bits per heavy atom. The maximum absolute atomic E-state index is 13.6. The monoisotopic (exact) mass is 313 g/mol. The van der Waals surface area contributed by atoms with Crippen molar-refractivity contribution in [2.45, 2.75) is 0 Å². The first-order valence-corrected chi connectivity index (χ1v) is 6.37. The lowest BCUT2D eigenvalue weighted by Gasteiger charge is -2.09. The second-order valence-electron chi connectivity index (χ2n) is 3.92. The third-order valence-electron chi connectivity index (χ3n) is 2.60. The second-order valence-corrected chi connectivity index (χ2v) is 4.77. The Labute approximate surface area is 125 Å². The maximum atomic E-state index is 13.6. The third-order valence-corrected chi connectivity index (χ3v) is 3.15. The van der Waals surface area contributed by atoms with Crippen LogP contribution in [-0.4, -0.2) is 13.0 Å². The van der Waals surface area contributed by atoms with Crippen LogP contribution in [0.2, 0.25) is 10.0 Å². The zero-order valence-electron chi connectivity index (χ0n) is 10.4. The molecule has 1 N–H and O–H groups in total. The molecule has 20 heavy (non-hydrogen) atoms. The molecule has 0 fully saturated rings. The number of anilines is 1. The van der Waals surface area contributed by atoms with Gasteiger partial charge in [-0.05, 0) is 30.3 Å². The van der Waals surface area contributed by atoms with E-state index in [2.05, 4.69) is 5.32 Å². The van der Waals surface area contributed by atoms with Gasteiger partial charge in [0.15, 0.2) is 0 Å². The minimum atomic E-state index is -0.695. The third kappa shape index (κ3) is 3.21. The second kappa shape index (κ2) is 6.11. The Balaban J connectivity index is 2.23. The number of hydrogen-bond acceptors (Lipinski definition) is 2. The molecule has 0 radical (unpaired) electrons. The lowest BCUT2D eigenvalue weighted by molar-refractivity contribution is 0.102. The molecule has 0 aromatic heterocycles. The lowest BCUT2D eigenvalue weighted by Crippen LogP contribution is -2.14. The summed E-state index contributed by atoms with van der Waals surface area (Å²) in [5, 5.41) is 3.05. The summed E-state index contributed by atoms with van der Waals surface area (Å²) in [5.74, 6) is -0.739. The van der Waals surface area contributed by atoms with Gasteiger partial charge < -0.3 is 10.1 Å². The van der Waals surface area contributed by atoms with Gasteiger partial charge in [-0.2, -0.15) is 0 Å². The molecule has 6 heteroatoms. The number of hydrogen-bond donors (Lipinski definition) is 1. The van der Waals surface area contributed by atoms with Crippen molar-refractivity contribution < 1.29 is 13.9 Å². The van der Waals surface area contributed by atoms with Crippen molar-refractivity contribution in [3.63, 3.8) is 0 Å². The highest BCUT2D eigenvalue weighted by atomic mass is 35.5. The highest BCUT2D eigenvalue weighted by Crippen LogP contribution is 2.27. The van der Waals surface area contributed by atoms with Gasteiger partial charge in [0.25, 0.3) is 5.91 Å². The fourth-order valence-corrected chi connectivity index (χ4v) is 1.96. The molecule has 0 atom stereocenters. The van der Waals surface area contributed by atoms with Crippen molar-refractivity contribution in [3.8, 4) is 5.75 Å². The molecule has 0 saturated carbocycles. The molecular formula is C14H10Cl2FNO2. The molecule has 0 aliphatic rings. The van der Waals surface area contributed by atoms with Gasteiger partial charge in [0.1, 0.15) is 11.6 Å². The number of amides is 1. The van der Waals surface area contributed by atoms with Gasteiger partial charge in [0, 0.05) is 11.1 Å². The van der Waals surface area contributed by atoms with E-state index in [1.807, 2.05) is 0 Å². The van der Waals surface area contributed by atoms with Gasteiger partial charge in [0.05, 0.1) is 23.4 Å². The zero-order valence-corrected chi connectivity index (χ0v) is 11.9. The molecule has 2 aromatic rings. The molecule has 0 aliphatic carbocycles. The molecule has 0 spiro atoms. The number of halogens is 3. The quantitative estimate of drug-likeness (QED) is 0.912. The number of ether oxygens (including phenoxy) is 1. The average molecular weight is 314 g/mol. The fourth-order valence-electron chi connectivity index (χ4n) is 1.59. The van der Waals surface area contributed by atoms with Crippen molar-refractivity contribution in [3.05, 3.63) is 57.8 Å². The van der Waals surface area contributed by atoms with Crippen LogP contribution in [0.1, 0.15) is 10.4 Å². The van der Waals surface area contributed by atoms with Crippen molar-refractivity contribution in [1.29, 1.82) is 0 Å². The predicted octanol–water partition coefficient (Wildman–Crippen LogP) is 4.39. The van der Waals surface area contributed by atoms with E-state index in [4.69, 9.17) is 27.9 Å². The van der Waals surface area contributed by atoms with Gasteiger partial charge in [0.2, 0.25) is 0 Å². The van der Waals surface area contributed by atoms with Crippen LogP contribution in [0.3, 0.4) is 0 Å². The van der Waals surface area contributed by atoms with Crippen LogP contribution < -0.4 is 10.1 Å². The summed E-state index contributed by atoms with van der Waals surface area (Å²) in [6.07, 6.45) is 0. The maximum Gasteiger partial charge on any atom is 0.258 e. The van der Waals surface area contributed by atoms with Crippen molar-refractivity contribution in [1.82, 2.24) is 0 Å². The van der Waals surface area contributed by atoms with E-state index >= 15 is 0 Å². The molecule has 104 valence electrons. The Morgan fingerprint density at radius 1 is 1.20 bits per heavy atom. The Morgan fingerprint density at radius 3 is 2.55 bits per heavy atom. The van der Waals surface area contributed by atoms with E-state index in [0.29, 0.717) is 16.5 Å². The summed E-state index contributed by atoms with van der Waals surface area (Å²) >= 11 is 11.6. The van der Waals surface area contributed by atoms with Crippen LogP contribution in [-0.2, 0) is 0 Å². The first-order valence-electron chi connectivity index (χ1n) is 5.61. The molecule has 0 aliphatic heterocycles. The summed E-state index contributed by atoms with van der Waals surface area (Å²) in [4.78, 5) is 12.0. The van der Waals surface area contributed by atoms with Crippen LogP contribution in [0.4, 0.5) is 10.1 Å². The fraction of sp³-hybridized carbons (Fsp3) is 0.0714. The zero-order chi connectivity index (χ0) is 14.7. The Hall–Kier alpha value is -1.78. The molecule has 0 unspecified atom stereocenters. The first-order chi connectivity index (χ1) is 9.51. The van der Waals surface area contributed by atoms with Gasteiger partial charge in [-0.15, -0.1) is 0 Å². The van der Waals surface area contributed by atoms with Gasteiger partial charge >= 0.3 is 0 Å². The number of carbonyl (C=O) groups excluding carboxylic acids is 1. The molecule has 2 aromatic carbocycles. The largest absolute Gasteiger partial charge is 0.497 e. The normalized spacial score (nSPS) is 10.2. The molecule has 0 saturated heterocycles. The van der Waals surface area contributed by atoms with Gasteiger partial charge in [-0.3, -0.25) is 4.79 Å². The van der Waals surface area contributed by atoms with E-state index in [1.165, 1.54) is 19.2 Å². The summed E-state index contributed by atoms with van der Waals surface area (Å²) in [5.41, 5.74) is 0.258. The van der Waals surface area contributed by atoms with Crippen molar-refractivity contribution >= 4 is 34.8 Å². The van der Waals surface area contributed by atoms with E-state index in [9.17, 15) is 9.18 Å². The van der Waals surface area contributed by atoms with E-state index in [0.717, 1.165) is 6.07 Å². The molecule has 0 heterocycles. The van der Waals surface area contributed by atoms with Crippen LogP contribution in [0.5, 0.6) is 5.75 Å². The van der Waals surface area contributed by atoms with Gasteiger partial charge in [-0.25, -0.2) is 4.39 Å². The van der Waals surface area contributed by atoms with Crippen LogP contribution >= 0.6 is 23.2 Å². The predicted molar refractivity (Wildman–Crippen MR) is 77.4 cm³/mol. The smallest absolute Gasteiger partial charge is 0.258 e. The minimum absolute atomic E-state index is 0.110. The molecule has 0 bridgehead atoms. The number of rotatable bonds is 3. The van der Waals surface area contributed by atoms with E-state index < -0.39 is 11.7 Å². The Bertz CT molecular complexity index is 662. The SMILES string of the molecule is COc1ccc(NC(=O)c2ccc(Cl)cc2F)c(Cl)c1. The number of nitrogens with one attached hydrogen (secondary N) is 1. The van der Waals surface area contributed by atoms with E-state index in [-0.39, 0.29) is 10.6 Å². The standard InChI is InChI=1S/C14H10Cl2FNO2/c1-20-9-3-5-13(11(16)7-9)18-14(19)10-4-2-8(15)6-12(10)17/h2-7H,1H3,(H,18,19). The van der Waals surface area contributed by atoms with Crippen molar-refractivity contribution in [2.75, 3.05) is 12.4 Å². The first kappa shape index (κ1) is 14.6. The molecule has 2 rings (SSSR count). The number of carbonyl (C=O) groups is 1. The highest BCUT2D eigenvalue weighted by Gasteiger charge is 2.13. The molecule has 1 amide bonds. The molecular weight excluding hydrogens is 304 g/mol. The minimum Gasteiger partial charge on any atom is -0.497 e. The summed E-state index contributed by atoms with van der Waals surface area (Å²) in [6.45, 7) is 0.